The molecule has 1 N–H and O–H groups in total. The summed E-state index contributed by atoms with van der Waals surface area (Å²) in [5.41, 5.74) is 2.83. The predicted octanol–water partition coefficient (Wildman–Crippen LogP) is 3.58. The maximum atomic E-state index is 11.4. The second-order valence-electron chi connectivity index (χ2n) is 5.88. The summed E-state index contributed by atoms with van der Waals surface area (Å²) in [6.07, 6.45) is 7.96. The quantitative estimate of drug-likeness (QED) is 0.292. The minimum absolute atomic E-state index is 0.0675. The molecule has 0 aliphatic carbocycles. The zero-order valence-electron chi connectivity index (χ0n) is 15.1. The number of hydrogen-bond acceptors (Lipinski definition) is 6. The van der Waals surface area contributed by atoms with Crippen LogP contribution < -0.4 is 5.32 Å². The Morgan fingerprint density at radius 1 is 1.29 bits per heavy atom. The van der Waals surface area contributed by atoms with Crippen LogP contribution in [0.4, 0.5) is 11.4 Å². The summed E-state index contributed by atoms with van der Waals surface area (Å²) in [4.78, 5) is 26.1. The van der Waals surface area contributed by atoms with Crippen LogP contribution in [-0.4, -0.2) is 27.6 Å². The first kappa shape index (κ1) is 18.8. The molecule has 0 atom stereocenters. The Bertz CT molecular complexity index is 996. The number of nitro benzene ring substituents is 1. The summed E-state index contributed by atoms with van der Waals surface area (Å²) in [7, 11) is 1.27. The molecule has 0 aliphatic heterocycles. The largest absolute Gasteiger partial charge is 0.466 e. The number of carbonyl (C=O) groups excluding carboxylic acids is 1. The molecule has 0 saturated carbocycles. The molecule has 28 heavy (non-hydrogen) atoms. The van der Waals surface area contributed by atoms with Crippen LogP contribution in [0.15, 0.2) is 67.3 Å². The minimum Gasteiger partial charge on any atom is -0.466 e. The Morgan fingerprint density at radius 3 is 2.71 bits per heavy atom. The van der Waals surface area contributed by atoms with Gasteiger partial charge in [-0.05, 0) is 35.4 Å². The molecule has 8 heteroatoms. The van der Waals surface area contributed by atoms with Crippen LogP contribution in [0.2, 0.25) is 0 Å². The number of imidazole rings is 1. The van der Waals surface area contributed by atoms with Gasteiger partial charge in [-0.1, -0.05) is 18.2 Å². The second kappa shape index (κ2) is 8.63. The van der Waals surface area contributed by atoms with Gasteiger partial charge in [0.05, 0.1) is 18.4 Å². The summed E-state index contributed by atoms with van der Waals surface area (Å²) < 4.78 is 6.41. The first-order valence-electron chi connectivity index (χ1n) is 8.42. The highest BCUT2D eigenvalue weighted by Gasteiger charge is 2.14. The van der Waals surface area contributed by atoms with Crippen molar-refractivity contribution < 1.29 is 14.5 Å². The van der Waals surface area contributed by atoms with E-state index in [1.165, 1.54) is 25.3 Å². The third-order valence-electron chi connectivity index (χ3n) is 4.05. The lowest BCUT2D eigenvalue weighted by atomic mass is 10.1. The van der Waals surface area contributed by atoms with E-state index in [0.29, 0.717) is 17.8 Å². The van der Waals surface area contributed by atoms with Crippen molar-refractivity contribution in [2.75, 3.05) is 12.4 Å². The van der Waals surface area contributed by atoms with Crippen molar-refractivity contribution in [3.05, 3.63) is 88.5 Å². The lowest BCUT2D eigenvalue weighted by molar-refractivity contribution is -0.384. The highest BCUT2D eigenvalue weighted by Crippen LogP contribution is 2.27. The van der Waals surface area contributed by atoms with Crippen molar-refractivity contribution in [1.29, 1.82) is 0 Å². The van der Waals surface area contributed by atoms with E-state index in [9.17, 15) is 14.9 Å². The van der Waals surface area contributed by atoms with Crippen LogP contribution in [0.5, 0.6) is 0 Å². The molecule has 2 aromatic carbocycles. The van der Waals surface area contributed by atoms with Gasteiger partial charge in [-0.25, -0.2) is 9.78 Å². The Kier molecular flexibility index (Phi) is 5.81. The van der Waals surface area contributed by atoms with E-state index in [0.717, 1.165) is 11.3 Å². The van der Waals surface area contributed by atoms with E-state index in [-0.39, 0.29) is 5.69 Å². The number of benzene rings is 2. The maximum absolute atomic E-state index is 11.4. The zero-order chi connectivity index (χ0) is 19.9. The normalized spacial score (nSPS) is 10.8. The van der Waals surface area contributed by atoms with E-state index in [1.807, 2.05) is 35.0 Å². The molecule has 0 fully saturated rings. The van der Waals surface area contributed by atoms with Crippen LogP contribution in [0, 0.1) is 10.1 Å². The Balaban J connectivity index is 1.72. The van der Waals surface area contributed by atoms with E-state index in [1.54, 1.807) is 24.7 Å². The Labute approximate surface area is 161 Å². The summed E-state index contributed by atoms with van der Waals surface area (Å²) in [6.45, 7) is 0.433. The number of rotatable bonds is 7. The van der Waals surface area contributed by atoms with Gasteiger partial charge < -0.3 is 14.6 Å². The van der Waals surface area contributed by atoms with Crippen LogP contribution in [0.3, 0.4) is 0 Å². The number of nitrogens with one attached hydrogen (secondary N) is 1. The third-order valence-corrected chi connectivity index (χ3v) is 4.05. The summed E-state index contributed by atoms with van der Waals surface area (Å²) in [5.74, 6) is -0.524. The number of anilines is 1. The number of esters is 1. The number of ether oxygens (including phenoxy) is 1. The number of nitro groups is 1. The smallest absolute Gasteiger partial charge is 0.330 e. The number of methoxy groups -OCH3 is 1. The van der Waals surface area contributed by atoms with Gasteiger partial charge in [-0.2, -0.15) is 0 Å². The van der Waals surface area contributed by atoms with Crippen LogP contribution in [0.25, 0.3) is 11.8 Å². The summed E-state index contributed by atoms with van der Waals surface area (Å²) in [5, 5.41) is 14.5. The van der Waals surface area contributed by atoms with E-state index >= 15 is 0 Å². The Morgan fingerprint density at radius 2 is 2.07 bits per heavy atom. The third kappa shape index (κ3) is 4.61. The summed E-state index contributed by atoms with van der Waals surface area (Å²) in [6, 6.07) is 12.5. The van der Waals surface area contributed by atoms with Crippen molar-refractivity contribution >= 4 is 23.4 Å². The second-order valence-corrected chi connectivity index (χ2v) is 5.88. The summed E-state index contributed by atoms with van der Waals surface area (Å²) >= 11 is 0. The maximum Gasteiger partial charge on any atom is 0.330 e. The number of carbonyl (C=O) groups is 1. The molecular formula is C20H18N4O4. The molecule has 3 rings (SSSR count). The number of aromatic nitrogens is 2. The first-order valence-corrected chi connectivity index (χ1v) is 8.42. The molecular weight excluding hydrogens is 360 g/mol. The lowest BCUT2D eigenvalue weighted by Crippen LogP contribution is -2.03. The molecule has 0 radical (unpaired) electrons. The van der Waals surface area contributed by atoms with Crippen molar-refractivity contribution in [2.24, 2.45) is 0 Å². The van der Waals surface area contributed by atoms with Crippen molar-refractivity contribution in [3.63, 3.8) is 0 Å². The van der Waals surface area contributed by atoms with Gasteiger partial charge in [0.25, 0.3) is 5.69 Å². The monoisotopic (exact) mass is 378 g/mol. The van der Waals surface area contributed by atoms with E-state index < -0.39 is 10.9 Å². The van der Waals surface area contributed by atoms with Gasteiger partial charge in [0.2, 0.25) is 0 Å². The molecule has 1 aromatic heterocycles. The molecule has 0 bridgehead atoms. The fraction of sp³-hybridized carbons (Fsp3) is 0.100. The van der Waals surface area contributed by atoms with Crippen LogP contribution >= 0.6 is 0 Å². The number of hydrogen-bond donors (Lipinski definition) is 1. The van der Waals surface area contributed by atoms with Gasteiger partial charge in [-0.3, -0.25) is 10.1 Å². The molecule has 0 aliphatic rings. The van der Waals surface area contributed by atoms with Gasteiger partial charge >= 0.3 is 5.97 Å². The number of nitrogens with zero attached hydrogens (tertiary/aromatic N) is 3. The average molecular weight is 378 g/mol. The fourth-order valence-electron chi connectivity index (χ4n) is 2.58. The minimum atomic E-state index is -0.524. The molecule has 142 valence electrons. The fourth-order valence-corrected chi connectivity index (χ4v) is 2.58. The van der Waals surface area contributed by atoms with E-state index in [4.69, 9.17) is 0 Å². The predicted molar refractivity (Wildman–Crippen MR) is 105 cm³/mol. The zero-order valence-corrected chi connectivity index (χ0v) is 15.1. The molecule has 1 heterocycles. The van der Waals surface area contributed by atoms with Crippen LogP contribution in [0.1, 0.15) is 11.1 Å². The highest BCUT2D eigenvalue weighted by molar-refractivity contribution is 5.87. The lowest BCUT2D eigenvalue weighted by Gasteiger charge is -2.09. The average Bonchev–Trinajstić information content (AvgIpc) is 3.26. The van der Waals surface area contributed by atoms with Gasteiger partial charge in [0.1, 0.15) is 5.69 Å². The van der Waals surface area contributed by atoms with Gasteiger partial charge in [0.15, 0.2) is 0 Å². The highest BCUT2D eigenvalue weighted by atomic mass is 16.6. The standard InChI is InChI=1S/C20H18N4O4/c1-28-20(25)9-5-15-4-8-18(19(12-15)24(26)27)22-13-16-2-6-17(7-3-16)23-11-10-21-14-23/h2-12,14,22H,13H2,1H3/b9-5+. The molecule has 0 spiro atoms. The first-order chi connectivity index (χ1) is 13.6. The molecule has 3 aromatic rings. The molecule has 0 amide bonds. The molecule has 0 saturated heterocycles. The van der Waals surface area contributed by atoms with E-state index in [2.05, 4.69) is 15.0 Å². The van der Waals surface area contributed by atoms with Crippen molar-refractivity contribution in [3.8, 4) is 5.69 Å². The Hall–Kier alpha value is -3.94. The van der Waals surface area contributed by atoms with Gasteiger partial charge in [-0.15, -0.1) is 0 Å². The topological polar surface area (TPSA) is 99.3 Å². The van der Waals surface area contributed by atoms with Crippen LogP contribution in [-0.2, 0) is 16.1 Å². The van der Waals surface area contributed by atoms with Crippen molar-refractivity contribution in [2.45, 2.75) is 6.54 Å². The SMILES string of the molecule is COC(=O)/C=C/c1ccc(NCc2ccc(-n3ccnc3)cc2)c([N+](=O)[O-])c1. The molecule has 0 unspecified atom stereocenters. The van der Waals surface area contributed by atoms with Crippen molar-refractivity contribution in [1.82, 2.24) is 9.55 Å². The van der Waals surface area contributed by atoms with Gasteiger partial charge in [0, 0.05) is 36.8 Å². The molecule has 8 nitrogen and oxygen atoms in total.